The standard InChI is InChI=1S/C10H21NO/c1-4-9(5-6-12)11-7-10(2,3)8-11/h9,12H,4-8H2,1-3H3. The van der Waals surface area contributed by atoms with Crippen LogP contribution in [0.3, 0.4) is 0 Å². The fourth-order valence-corrected chi connectivity index (χ4v) is 2.11. The van der Waals surface area contributed by atoms with Crippen LogP contribution in [0.25, 0.3) is 0 Å². The van der Waals surface area contributed by atoms with E-state index in [2.05, 4.69) is 25.7 Å². The minimum atomic E-state index is 0.329. The second-order valence-corrected chi connectivity index (χ2v) is 4.64. The molecule has 0 saturated carbocycles. The van der Waals surface area contributed by atoms with Crippen molar-refractivity contribution in [1.82, 2.24) is 4.90 Å². The Bertz CT molecular complexity index is 137. The number of hydrogen-bond acceptors (Lipinski definition) is 2. The average molecular weight is 171 g/mol. The minimum Gasteiger partial charge on any atom is -0.396 e. The van der Waals surface area contributed by atoms with E-state index in [1.54, 1.807) is 0 Å². The zero-order valence-corrected chi connectivity index (χ0v) is 8.51. The highest BCUT2D eigenvalue weighted by atomic mass is 16.3. The summed E-state index contributed by atoms with van der Waals surface area (Å²) in [5.74, 6) is 0. The molecule has 1 unspecified atom stereocenters. The maximum atomic E-state index is 8.84. The molecule has 1 rings (SSSR count). The monoisotopic (exact) mass is 171 g/mol. The Kier molecular flexibility index (Phi) is 3.13. The summed E-state index contributed by atoms with van der Waals surface area (Å²) < 4.78 is 0. The molecule has 0 amide bonds. The van der Waals surface area contributed by atoms with E-state index in [-0.39, 0.29) is 0 Å². The maximum Gasteiger partial charge on any atom is 0.0445 e. The predicted octanol–water partition coefficient (Wildman–Crippen LogP) is 1.49. The second kappa shape index (κ2) is 3.75. The zero-order valence-electron chi connectivity index (χ0n) is 8.51. The number of hydrogen-bond donors (Lipinski definition) is 1. The van der Waals surface area contributed by atoms with Gasteiger partial charge >= 0.3 is 0 Å². The smallest absolute Gasteiger partial charge is 0.0445 e. The van der Waals surface area contributed by atoms with Gasteiger partial charge in [0.2, 0.25) is 0 Å². The van der Waals surface area contributed by atoms with Crippen LogP contribution in [0, 0.1) is 5.41 Å². The third-order valence-corrected chi connectivity index (χ3v) is 2.71. The summed E-state index contributed by atoms with van der Waals surface area (Å²) in [6.07, 6.45) is 2.10. The molecule has 1 N–H and O–H groups in total. The van der Waals surface area contributed by atoms with Gasteiger partial charge in [0.25, 0.3) is 0 Å². The van der Waals surface area contributed by atoms with E-state index in [0.717, 1.165) is 12.8 Å². The summed E-state index contributed by atoms with van der Waals surface area (Å²) in [7, 11) is 0. The SMILES string of the molecule is CCC(CCO)N1CC(C)(C)C1. The molecule has 0 bridgehead atoms. The molecular formula is C10H21NO. The molecular weight excluding hydrogens is 150 g/mol. The van der Waals surface area contributed by atoms with Crippen molar-refractivity contribution in [2.45, 2.75) is 39.7 Å². The van der Waals surface area contributed by atoms with E-state index in [1.807, 2.05) is 0 Å². The molecule has 0 aromatic rings. The summed E-state index contributed by atoms with van der Waals surface area (Å²) >= 11 is 0. The van der Waals surface area contributed by atoms with Gasteiger partial charge in [-0.15, -0.1) is 0 Å². The molecule has 12 heavy (non-hydrogen) atoms. The molecule has 0 spiro atoms. The lowest BCUT2D eigenvalue weighted by Gasteiger charge is -2.49. The molecule has 1 aliphatic rings. The van der Waals surface area contributed by atoms with Crippen LogP contribution in [0.5, 0.6) is 0 Å². The van der Waals surface area contributed by atoms with Gasteiger partial charge in [0, 0.05) is 25.7 Å². The van der Waals surface area contributed by atoms with Crippen LogP contribution in [0.15, 0.2) is 0 Å². The van der Waals surface area contributed by atoms with E-state index in [0.29, 0.717) is 18.1 Å². The highest BCUT2D eigenvalue weighted by molar-refractivity contribution is 4.90. The van der Waals surface area contributed by atoms with Crippen molar-refractivity contribution in [2.24, 2.45) is 5.41 Å². The Morgan fingerprint density at radius 1 is 1.42 bits per heavy atom. The molecule has 1 saturated heterocycles. The van der Waals surface area contributed by atoms with Crippen molar-refractivity contribution in [3.8, 4) is 0 Å². The molecule has 0 aromatic heterocycles. The van der Waals surface area contributed by atoms with Gasteiger partial charge in [0.15, 0.2) is 0 Å². The molecule has 72 valence electrons. The Hall–Kier alpha value is -0.0800. The molecule has 0 aliphatic carbocycles. The first-order valence-electron chi connectivity index (χ1n) is 4.94. The Labute approximate surface area is 75.6 Å². The first-order chi connectivity index (χ1) is 5.59. The zero-order chi connectivity index (χ0) is 9.19. The van der Waals surface area contributed by atoms with E-state index in [1.165, 1.54) is 13.1 Å². The Morgan fingerprint density at radius 3 is 2.33 bits per heavy atom. The number of rotatable bonds is 4. The van der Waals surface area contributed by atoms with E-state index >= 15 is 0 Å². The molecule has 1 heterocycles. The fraction of sp³-hybridized carbons (Fsp3) is 1.00. The second-order valence-electron chi connectivity index (χ2n) is 4.64. The van der Waals surface area contributed by atoms with Gasteiger partial charge < -0.3 is 5.11 Å². The van der Waals surface area contributed by atoms with Gasteiger partial charge in [-0.1, -0.05) is 20.8 Å². The molecule has 2 nitrogen and oxygen atoms in total. The summed E-state index contributed by atoms with van der Waals surface area (Å²) in [6.45, 7) is 9.53. The van der Waals surface area contributed by atoms with Gasteiger partial charge in [-0.3, -0.25) is 4.90 Å². The fourth-order valence-electron chi connectivity index (χ4n) is 2.11. The highest BCUT2D eigenvalue weighted by Crippen LogP contribution is 2.31. The van der Waals surface area contributed by atoms with Crippen molar-refractivity contribution >= 4 is 0 Å². The van der Waals surface area contributed by atoms with Crippen molar-refractivity contribution in [1.29, 1.82) is 0 Å². The molecule has 1 fully saturated rings. The highest BCUT2D eigenvalue weighted by Gasteiger charge is 2.36. The van der Waals surface area contributed by atoms with Crippen molar-refractivity contribution in [3.63, 3.8) is 0 Å². The first-order valence-corrected chi connectivity index (χ1v) is 4.94. The number of aliphatic hydroxyl groups is 1. The van der Waals surface area contributed by atoms with Crippen LogP contribution >= 0.6 is 0 Å². The van der Waals surface area contributed by atoms with Crippen LogP contribution < -0.4 is 0 Å². The summed E-state index contributed by atoms with van der Waals surface area (Å²) in [4.78, 5) is 2.48. The van der Waals surface area contributed by atoms with E-state index < -0.39 is 0 Å². The van der Waals surface area contributed by atoms with Gasteiger partial charge in [-0.25, -0.2) is 0 Å². The predicted molar refractivity (Wildman–Crippen MR) is 51.1 cm³/mol. The molecule has 2 heteroatoms. The molecule has 0 radical (unpaired) electrons. The Balaban J connectivity index is 2.29. The van der Waals surface area contributed by atoms with Gasteiger partial charge in [-0.05, 0) is 18.3 Å². The lowest BCUT2D eigenvalue weighted by Crippen LogP contribution is -2.57. The lowest BCUT2D eigenvalue weighted by molar-refractivity contribution is -0.0145. The van der Waals surface area contributed by atoms with Crippen molar-refractivity contribution in [3.05, 3.63) is 0 Å². The van der Waals surface area contributed by atoms with Crippen LogP contribution in [-0.2, 0) is 0 Å². The van der Waals surface area contributed by atoms with Gasteiger partial charge in [-0.2, -0.15) is 0 Å². The topological polar surface area (TPSA) is 23.5 Å². The molecule has 1 aliphatic heterocycles. The summed E-state index contributed by atoms with van der Waals surface area (Å²) in [5.41, 5.74) is 0.517. The van der Waals surface area contributed by atoms with Gasteiger partial charge in [0.1, 0.15) is 0 Å². The molecule has 0 aromatic carbocycles. The van der Waals surface area contributed by atoms with Crippen molar-refractivity contribution in [2.75, 3.05) is 19.7 Å². The first kappa shape index (κ1) is 10.0. The largest absolute Gasteiger partial charge is 0.396 e. The van der Waals surface area contributed by atoms with E-state index in [9.17, 15) is 0 Å². The normalized spacial score (nSPS) is 25.0. The quantitative estimate of drug-likeness (QED) is 0.692. The third kappa shape index (κ3) is 2.20. The van der Waals surface area contributed by atoms with Gasteiger partial charge in [0.05, 0.1) is 0 Å². The minimum absolute atomic E-state index is 0.329. The number of aliphatic hydroxyl groups excluding tert-OH is 1. The number of likely N-dealkylation sites (tertiary alicyclic amines) is 1. The van der Waals surface area contributed by atoms with Crippen LogP contribution in [-0.4, -0.2) is 35.7 Å². The number of nitrogens with zero attached hydrogens (tertiary/aromatic N) is 1. The lowest BCUT2D eigenvalue weighted by atomic mass is 9.82. The third-order valence-electron chi connectivity index (χ3n) is 2.71. The maximum absolute atomic E-state index is 8.84. The summed E-state index contributed by atoms with van der Waals surface area (Å²) in [5, 5.41) is 8.84. The van der Waals surface area contributed by atoms with E-state index in [4.69, 9.17) is 5.11 Å². The van der Waals surface area contributed by atoms with Crippen LogP contribution in [0.4, 0.5) is 0 Å². The van der Waals surface area contributed by atoms with Crippen LogP contribution in [0.2, 0.25) is 0 Å². The molecule has 1 atom stereocenters. The van der Waals surface area contributed by atoms with Crippen LogP contribution in [0.1, 0.15) is 33.6 Å². The van der Waals surface area contributed by atoms with Crippen molar-refractivity contribution < 1.29 is 5.11 Å². The summed E-state index contributed by atoms with van der Waals surface area (Å²) in [6, 6.07) is 0.614. The Morgan fingerprint density at radius 2 is 2.00 bits per heavy atom. The average Bonchev–Trinajstić information content (AvgIpc) is 1.95.